The summed E-state index contributed by atoms with van der Waals surface area (Å²) in [5.74, 6) is -0.511. The first-order chi connectivity index (χ1) is 11.8. The van der Waals surface area contributed by atoms with E-state index in [1.165, 1.54) is 0 Å². The van der Waals surface area contributed by atoms with Gasteiger partial charge < -0.3 is 10.2 Å². The van der Waals surface area contributed by atoms with Crippen LogP contribution in [0.2, 0.25) is 5.02 Å². The molecule has 0 aromatic heterocycles. The topological polar surface area (TPSA) is 49.4 Å². The zero-order valence-electron chi connectivity index (χ0n) is 14.6. The highest BCUT2D eigenvalue weighted by Gasteiger charge is 2.35. The molecule has 2 amide bonds. The van der Waals surface area contributed by atoms with E-state index in [1.54, 1.807) is 29.2 Å². The van der Waals surface area contributed by atoms with Gasteiger partial charge in [-0.3, -0.25) is 9.59 Å². The second kappa shape index (κ2) is 6.89. The maximum atomic E-state index is 12.7. The lowest BCUT2D eigenvalue weighted by molar-refractivity contribution is -0.122. The first kappa shape index (κ1) is 17.5. The average Bonchev–Trinajstić information content (AvgIpc) is 2.93. The molecule has 130 valence electrons. The molecule has 0 saturated carbocycles. The molecule has 1 aliphatic heterocycles. The molecule has 4 nitrogen and oxygen atoms in total. The summed E-state index contributed by atoms with van der Waals surface area (Å²) in [6.07, 6.45) is 0.221. The molecule has 0 bridgehead atoms. The molecule has 1 atom stereocenters. The molecule has 0 spiro atoms. The zero-order valence-corrected chi connectivity index (χ0v) is 15.4. The Hall–Kier alpha value is -2.33. The smallest absolute Gasteiger partial charge is 0.229 e. The monoisotopic (exact) mass is 356 g/mol. The number of nitrogens with one attached hydrogen (secondary N) is 1. The van der Waals surface area contributed by atoms with Gasteiger partial charge in [0.05, 0.1) is 5.92 Å². The number of hydrogen-bond donors (Lipinski definition) is 1. The van der Waals surface area contributed by atoms with Gasteiger partial charge in [-0.05, 0) is 56.2 Å². The van der Waals surface area contributed by atoms with E-state index >= 15 is 0 Å². The number of hydrogen-bond acceptors (Lipinski definition) is 2. The van der Waals surface area contributed by atoms with Gasteiger partial charge in [-0.15, -0.1) is 0 Å². The third-order valence-corrected chi connectivity index (χ3v) is 4.81. The normalized spacial score (nSPS) is 17.0. The van der Waals surface area contributed by atoms with Gasteiger partial charge in [0.2, 0.25) is 11.8 Å². The largest absolute Gasteiger partial charge is 0.325 e. The fourth-order valence-corrected chi connectivity index (χ4v) is 3.48. The summed E-state index contributed by atoms with van der Waals surface area (Å²) in [6, 6.07) is 11.2. The predicted octanol–water partition coefficient (Wildman–Crippen LogP) is 4.26. The Kier molecular flexibility index (Phi) is 4.82. The molecule has 1 aliphatic rings. The van der Waals surface area contributed by atoms with Crippen LogP contribution >= 0.6 is 11.6 Å². The van der Waals surface area contributed by atoms with Crippen molar-refractivity contribution in [3.8, 4) is 0 Å². The lowest BCUT2D eigenvalue weighted by Crippen LogP contribution is -2.28. The van der Waals surface area contributed by atoms with Crippen molar-refractivity contribution in [2.75, 3.05) is 16.8 Å². The van der Waals surface area contributed by atoms with Gasteiger partial charge in [0, 0.05) is 29.4 Å². The highest BCUT2D eigenvalue weighted by Crippen LogP contribution is 2.28. The number of nitrogens with zero attached hydrogens (tertiary/aromatic N) is 1. The first-order valence-electron chi connectivity index (χ1n) is 8.30. The third-order valence-electron chi connectivity index (χ3n) is 4.56. The van der Waals surface area contributed by atoms with E-state index in [4.69, 9.17) is 11.6 Å². The Bertz CT molecular complexity index is 807. The van der Waals surface area contributed by atoms with E-state index < -0.39 is 0 Å². The lowest BCUT2D eigenvalue weighted by Gasteiger charge is -2.18. The van der Waals surface area contributed by atoms with Gasteiger partial charge in [0.1, 0.15) is 0 Å². The molecule has 3 rings (SSSR count). The molecule has 1 unspecified atom stereocenters. The van der Waals surface area contributed by atoms with Crippen LogP contribution in [-0.2, 0) is 9.59 Å². The summed E-state index contributed by atoms with van der Waals surface area (Å²) >= 11 is 5.90. The molecule has 25 heavy (non-hydrogen) atoms. The second-order valence-corrected chi connectivity index (χ2v) is 7.08. The summed E-state index contributed by atoms with van der Waals surface area (Å²) < 4.78 is 0. The molecular formula is C20H21ClN2O2. The van der Waals surface area contributed by atoms with Crippen LogP contribution in [0.25, 0.3) is 0 Å². The summed E-state index contributed by atoms with van der Waals surface area (Å²) in [5, 5.41) is 3.63. The third kappa shape index (κ3) is 3.69. The quantitative estimate of drug-likeness (QED) is 0.893. The molecule has 2 aromatic carbocycles. The fourth-order valence-electron chi connectivity index (χ4n) is 3.36. The molecule has 1 N–H and O–H groups in total. The van der Waals surface area contributed by atoms with Crippen molar-refractivity contribution in [1.29, 1.82) is 0 Å². The van der Waals surface area contributed by atoms with Crippen LogP contribution in [0.4, 0.5) is 11.4 Å². The van der Waals surface area contributed by atoms with Crippen LogP contribution in [0, 0.1) is 26.7 Å². The first-order valence-corrected chi connectivity index (χ1v) is 8.67. The maximum Gasteiger partial charge on any atom is 0.229 e. The Morgan fingerprint density at radius 3 is 2.32 bits per heavy atom. The summed E-state index contributed by atoms with van der Waals surface area (Å²) in [7, 11) is 0. The highest BCUT2D eigenvalue weighted by molar-refractivity contribution is 6.30. The molecule has 2 aromatic rings. The van der Waals surface area contributed by atoms with Crippen molar-refractivity contribution >= 4 is 34.8 Å². The number of aryl methyl sites for hydroxylation is 3. The minimum absolute atomic E-state index is 0.0418. The van der Waals surface area contributed by atoms with Crippen LogP contribution in [0.5, 0.6) is 0 Å². The van der Waals surface area contributed by atoms with Crippen LogP contribution in [0.3, 0.4) is 0 Å². The van der Waals surface area contributed by atoms with E-state index in [-0.39, 0.29) is 24.2 Å². The summed E-state index contributed by atoms with van der Waals surface area (Å²) in [4.78, 5) is 26.6. The lowest BCUT2D eigenvalue weighted by atomic mass is 10.0. The van der Waals surface area contributed by atoms with E-state index in [9.17, 15) is 9.59 Å². The van der Waals surface area contributed by atoms with Crippen molar-refractivity contribution in [3.63, 3.8) is 0 Å². The Balaban J connectivity index is 1.74. The van der Waals surface area contributed by atoms with E-state index in [0.717, 1.165) is 28.1 Å². The standard InChI is InChI=1S/C20H21ClN2O2/c1-12-8-13(2)19(14(3)9-12)22-20(25)15-10-18(24)23(11-15)17-6-4-16(21)5-7-17/h4-9,15H,10-11H2,1-3H3,(H,22,25). The summed E-state index contributed by atoms with van der Waals surface area (Å²) in [6.45, 7) is 6.38. The zero-order chi connectivity index (χ0) is 18.1. The average molecular weight is 357 g/mol. The van der Waals surface area contributed by atoms with E-state index in [2.05, 4.69) is 5.32 Å². The number of carbonyl (C=O) groups excluding carboxylic acids is 2. The van der Waals surface area contributed by atoms with Crippen LogP contribution in [0.15, 0.2) is 36.4 Å². The van der Waals surface area contributed by atoms with E-state index in [0.29, 0.717) is 11.6 Å². The van der Waals surface area contributed by atoms with Gasteiger partial charge in [0.15, 0.2) is 0 Å². The van der Waals surface area contributed by atoms with Crippen molar-refractivity contribution < 1.29 is 9.59 Å². The number of amides is 2. The minimum atomic E-state index is -0.358. The molecular weight excluding hydrogens is 336 g/mol. The number of carbonyl (C=O) groups is 2. The Morgan fingerprint density at radius 1 is 1.12 bits per heavy atom. The van der Waals surface area contributed by atoms with Gasteiger partial charge >= 0.3 is 0 Å². The highest BCUT2D eigenvalue weighted by atomic mass is 35.5. The number of benzene rings is 2. The van der Waals surface area contributed by atoms with Crippen LogP contribution < -0.4 is 10.2 Å². The van der Waals surface area contributed by atoms with Crippen LogP contribution in [0.1, 0.15) is 23.1 Å². The molecule has 1 fully saturated rings. The number of halogens is 1. The molecule has 1 heterocycles. The van der Waals surface area contributed by atoms with Crippen molar-refractivity contribution in [2.24, 2.45) is 5.92 Å². The van der Waals surface area contributed by atoms with Crippen LogP contribution in [-0.4, -0.2) is 18.4 Å². The van der Waals surface area contributed by atoms with Crippen molar-refractivity contribution in [2.45, 2.75) is 27.2 Å². The fraction of sp³-hybridized carbons (Fsp3) is 0.300. The van der Waals surface area contributed by atoms with Gasteiger partial charge in [0.25, 0.3) is 0 Å². The maximum absolute atomic E-state index is 12.7. The van der Waals surface area contributed by atoms with Crippen molar-refractivity contribution in [1.82, 2.24) is 0 Å². The second-order valence-electron chi connectivity index (χ2n) is 6.64. The minimum Gasteiger partial charge on any atom is -0.325 e. The molecule has 5 heteroatoms. The SMILES string of the molecule is Cc1cc(C)c(NC(=O)C2CC(=O)N(c3ccc(Cl)cc3)C2)c(C)c1. The van der Waals surface area contributed by atoms with Gasteiger partial charge in [-0.25, -0.2) is 0 Å². The molecule has 0 aliphatic carbocycles. The van der Waals surface area contributed by atoms with E-state index in [1.807, 2.05) is 32.9 Å². The molecule has 0 radical (unpaired) electrons. The molecule has 1 saturated heterocycles. The van der Waals surface area contributed by atoms with Crippen molar-refractivity contribution in [3.05, 3.63) is 58.1 Å². The van der Waals surface area contributed by atoms with Gasteiger partial charge in [-0.1, -0.05) is 29.3 Å². The Morgan fingerprint density at radius 2 is 1.72 bits per heavy atom. The number of rotatable bonds is 3. The van der Waals surface area contributed by atoms with Gasteiger partial charge in [-0.2, -0.15) is 0 Å². The predicted molar refractivity (Wildman–Crippen MR) is 101 cm³/mol. The number of anilines is 2. The Labute approximate surface area is 152 Å². The summed E-state index contributed by atoms with van der Waals surface area (Å²) in [5.41, 5.74) is 4.84.